The van der Waals surface area contributed by atoms with Crippen LogP contribution in [0.25, 0.3) is 11.1 Å². The van der Waals surface area contributed by atoms with Crippen LogP contribution < -0.4 is 0 Å². The highest BCUT2D eigenvalue weighted by atomic mass is 16.5. The summed E-state index contributed by atoms with van der Waals surface area (Å²) in [7, 11) is 1.43. The minimum atomic E-state index is -0.395. The van der Waals surface area contributed by atoms with Crippen molar-refractivity contribution in [3.63, 3.8) is 0 Å². The Balaban J connectivity index is 2.74. The van der Waals surface area contributed by atoms with Gasteiger partial charge in [0.05, 0.1) is 13.0 Å². The molecule has 0 saturated carbocycles. The van der Waals surface area contributed by atoms with Gasteiger partial charge in [0.25, 0.3) is 0 Å². The second kappa shape index (κ2) is 8.39. The molecule has 3 nitrogen and oxygen atoms in total. The number of aromatic hydroxyl groups is 1. The lowest BCUT2D eigenvalue weighted by molar-refractivity contribution is -0.142. The molecule has 2 aromatic rings. The lowest BCUT2D eigenvalue weighted by Crippen LogP contribution is -2.18. The lowest BCUT2D eigenvalue weighted by atomic mass is 9.82. The van der Waals surface area contributed by atoms with E-state index in [1.165, 1.54) is 18.2 Å². The van der Waals surface area contributed by atoms with Crippen molar-refractivity contribution in [3.05, 3.63) is 52.6 Å². The first-order chi connectivity index (χ1) is 12.3. The Bertz CT molecular complexity index is 790. The minimum Gasteiger partial charge on any atom is -0.507 e. The SMILES string of the molecule is CCc1cc(-c2c(O)ccc(C)c2C(CC(C)C)C(=O)OC)ccc1C. The molecule has 0 bridgehead atoms. The number of hydrogen-bond acceptors (Lipinski definition) is 3. The highest BCUT2D eigenvalue weighted by Gasteiger charge is 2.28. The highest BCUT2D eigenvalue weighted by Crippen LogP contribution is 2.41. The standard InChI is InChI=1S/C23H30O3/c1-7-17-13-18(10-8-15(17)4)22-20(24)11-9-16(5)21(22)19(12-14(2)3)23(25)26-6/h8-11,13-14,19,24H,7,12H2,1-6H3. The van der Waals surface area contributed by atoms with Crippen molar-refractivity contribution in [2.24, 2.45) is 5.92 Å². The molecule has 0 aliphatic heterocycles. The molecule has 0 aliphatic carbocycles. The molecule has 0 saturated heterocycles. The van der Waals surface area contributed by atoms with Gasteiger partial charge < -0.3 is 9.84 Å². The van der Waals surface area contributed by atoms with E-state index in [1.54, 1.807) is 6.07 Å². The first-order valence-corrected chi connectivity index (χ1v) is 9.30. The Morgan fingerprint density at radius 3 is 2.35 bits per heavy atom. The molecule has 2 rings (SSSR count). The van der Waals surface area contributed by atoms with Gasteiger partial charge in [0, 0.05) is 5.56 Å². The summed E-state index contributed by atoms with van der Waals surface area (Å²) in [5, 5.41) is 10.7. The van der Waals surface area contributed by atoms with Crippen molar-refractivity contribution in [1.82, 2.24) is 0 Å². The van der Waals surface area contributed by atoms with Crippen molar-refractivity contribution in [3.8, 4) is 16.9 Å². The summed E-state index contributed by atoms with van der Waals surface area (Å²) in [5.74, 6) is -0.114. The van der Waals surface area contributed by atoms with Crippen LogP contribution in [0.2, 0.25) is 0 Å². The van der Waals surface area contributed by atoms with E-state index in [0.717, 1.165) is 28.7 Å². The summed E-state index contributed by atoms with van der Waals surface area (Å²) < 4.78 is 5.10. The molecule has 0 amide bonds. The molecule has 0 aliphatic rings. The molecule has 1 N–H and O–H groups in total. The zero-order valence-corrected chi connectivity index (χ0v) is 16.7. The van der Waals surface area contributed by atoms with Crippen LogP contribution in [0.15, 0.2) is 30.3 Å². The number of methoxy groups -OCH3 is 1. The number of benzene rings is 2. The zero-order chi connectivity index (χ0) is 19.4. The minimum absolute atomic E-state index is 0.203. The second-order valence-electron chi connectivity index (χ2n) is 7.39. The van der Waals surface area contributed by atoms with Crippen LogP contribution in [0.4, 0.5) is 0 Å². The Morgan fingerprint density at radius 2 is 1.77 bits per heavy atom. The fraction of sp³-hybridized carbons (Fsp3) is 0.435. The van der Waals surface area contributed by atoms with Crippen LogP contribution in [0.5, 0.6) is 5.75 Å². The molecule has 0 aromatic heterocycles. The Kier molecular flexibility index (Phi) is 6.47. The number of aryl methyl sites for hydroxylation is 3. The van der Waals surface area contributed by atoms with Crippen LogP contribution in [0, 0.1) is 19.8 Å². The van der Waals surface area contributed by atoms with Gasteiger partial charge in [-0.25, -0.2) is 0 Å². The third-order valence-electron chi connectivity index (χ3n) is 5.00. The normalized spacial score (nSPS) is 12.3. The molecule has 1 atom stereocenters. The third-order valence-corrected chi connectivity index (χ3v) is 5.00. The van der Waals surface area contributed by atoms with Crippen LogP contribution in [-0.2, 0) is 16.0 Å². The average Bonchev–Trinajstić information content (AvgIpc) is 2.61. The molecule has 2 aromatic carbocycles. The van der Waals surface area contributed by atoms with Crippen LogP contribution in [-0.4, -0.2) is 18.2 Å². The van der Waals surface area contributed by atoms with Gasteiger partial charge in [-0.15, -0.1) is 0 Å². The van der Waals surface area contributed by atoms with E-state index in [9.17, 15) is 9.90 Å². The molecule has 140 valence electrons. The van der Waals surface area contributed by atoms with E-state index in [4.69, 9.17) is 4.74 Å². The predicted molar refractivity (Wildman–Crippen MR) is 107 cm³/mol. The van der Waals surface area contributed by atoms with Crippen molar-refractivity contribution >= 4 is 5.97 Å². The lowest BCUT2D eigenvalue weighted by Gasteiger charge is -2.23. The molecular formula is C23H30O3. The molecule has 26 heavy (non-hydrogen) atoms. The molecule has 0 fully saturated rings. The van der Waals surface area contributed by atoms with Crippen LogP contribution in [0.1, 0.15) is 55.4 Å². The van der Waals surface area contributed by atoms with Gasteiger partial charge in [-0.3, -0.25) is 4.79 Å². The number of ether oxygens (including phenoxy) is 1. The van der Waals surface area contributed by atoms with Gasteiger partial charge >= 0.3 is 5.97 Å². The number of carbonyl (C=O) groups excluding carboxylic acids is 1. The van der Waals surface area contributed by atoms with E-state index >= 15 is 0 Å². The van der Waals surface area contributed by atoms with E-state index in [2.05, 4.69) is 39.8 Å². The smallest absolute Gasteiger partial charge is 0.313 e. The van der Waals surface area contributed by atoms with Gasteiger partial charge in [0.1, 0.15) is 5.75 Å². The number of hydrogen-bond donors (Lipinski definition) is 1. The maximum absolute atomic E-state index is 12.6. The fourth-order valence-corrected chi connectivity index (χ4v) is 3.62. The topological polar surface area (TPSA) is 46.5 Å². The summed E-state index contributed by atoms with van der Waals surface area (Å²) in [6.45, 7) is 10.4. The summed E-state index contributed by atoms with van der Waals surface area (Å²) in [5.41, 5.74) is 6.03. The number of rotatable bonds is 6. The maximum atomic E-state index is 12.6. The number of phenolic OH excluding ortho intramolecular Hbond substituents is 1. The Morgan fingerprint density at radius 1 is 1.12 bits per heavy atom. The highest BCUT2D eigenvalue weighted by molar-refractivity contribution is 5.85. The summed E-state index contributed by atoms with van der Waals surface area (Å²) in [6.07, 6.45) is 1.60. The summed E-state index contributed by atoms with van der Waals surface area (Å²) in [4.78, 5) is 12.6. The van der Waals surface area contributed by atoms with Gasteiger partial charge in [-0.2, -0.15) is 0 Å². The van der Waals surface area contributed by atoms with Crippen LogP contribution in [0.3, 0.4) is 0 Å². The van der Waals surface area contributed by atoms with Crippen LogP contribution >= 0.6 is 0 Å². The molecule has 3 heteroatoms. The summed E-state index contributed by atoms with van der Waals surface area (Å²) >= 11 is 0. The molecular weight excluding hydrogens is 324 g/mol. The van der Waals surface area contributed by atoms with Crippen molar-refractivity contribution in [1.29, 1.82) is 0 Å². The third kappa shape index (κ3) is 4.09. The first kappa shape index (κ1) is 20.0. The fourth-order valence-electron chi connectivity index (χ4n) is 3.62. The molecule has 0 heterocycles. The quantitative estimate of drug-likeness (QED) is 0.693. The largest absolute Gasteiger partial charge is 0.507 e. The van der Waals surface area contributed by atoms with E-state index in [0.29, 0.717) is 12.3 Å². The van der Waals surface area contributed by atoms with Crippen molar-refractivity contribution in [2.75, 3.05) is 7.11 Å². The van der Waals surface area contributed by atoms with E-state index in [1.807, 2.05) is 19.1 Å². The number of esters is 1. The average molecular weight is 354 g/mol. The summed E-state index contributed by atoms with van der Waals surface area (Å²) in [6, 6.07) is 9.81. The second-order valence-corrected chi connectivity index (χ2v) is 7.39. The van der Waals surface area contributed by atoms with Gasteiger partial charge in [-0.1, -0.05) is 45.0 Å². The van der Waals surface area contributed by atoms with Gasteiger partial charge in [-0.05, 0) is 66.5 Å². The molecule has 1 unspecified atom stereocenters. The van der Waals surface area contributed by atoms with Crippen molar-refractivity contribution < 1.29 is 14.6 Å². The van der Waals surface area contributed by atoms with E-state index in [-0.39, 0.29) is 11.7 Å². The van der Waals surface area contributed by atoms with E-state index < -0.39 is 5.92 Å². The predicted octanol–water partition coefficient (Wildman–Crippen LogP) is 5.54. The molecule has 0 radical (unpaired) electrons. The number of carbonyl (C=O) groups is 1. The first-order valence-electron chi connectivity index (χ1n) is 9.30. The maximum Gasteiger partial charge on any atom is 0.313 e. The van der Waals surface area contributed by atoms with Gasteiger partial charge in [0.15, 0.2) is 0 Å². The van der Waals surface area contributed by atoms with Gasteiger partial charge in [0.2, 0.25) is 0 Å². The number of phenols is 1. The Labute approximate surface area is 157 Å². The zero-order valence-electron chi connectivity index (χ0n) is 16.7. The Hall–Kier alpha value is -2.29. The van der Waals surface area contributed by atoms with Crippen molar-refractivity contribution in [2.45, 2.75) is 53.4 Å². The molecule has 0 spiro atoms. The monoisotopic (exact) mass is 354 g/mol.